The molecule has 124 valence electrons. The van der Waals surface area contributed by atoms with Crippen LogP contribution in [0.15, 0.2) is 46.3 Å². The number of fused-ring (bicyclic) bond motifs is 1. The maximum atomic E-state index is 6.37. The number of hydrogen-bond donors (Lipinski definition) is 0. The minimum atomic E-state index is 0.592. The Morgan fingerprint density at radius 2 is 1.88 bits per heavy atom. The van der Waals surface area contributed by atoms with E-state index < -0.39 is 0 Å². The molecule has 3 heterocycles. The Balaban J connectivity index is 1.45. The molecule has 1 aliphatic heterocycles. The molecule has 1 aromatic carbocycles. The topological polar surface area (TPSA) is 19.4 Å². The minimum absolute atomic E-state index is 0.592. The molecule has 0 bridgehead atoms. The third kappa shape index (κ3) is 3.45. The highest BCUT2D eigenvalue weighted by Crippen LogP contribution is 2.27. The van der Waals surface area contributed by atoms with E-state index in [1.165, 1.54) is 8.66 Å². The molecule has 0 radical (unpaired) electrons. The second-order valence-corrected chi connectivity index (χ2v) is 8.87. The van der Waals surface area contributed by atoms with E-state index in [0.29, 0.717) is 5.15 Å². The standard InChI is InChI=1S/C18H17BrClN3S/c19-16-6-5-14(24-16)12-22-7-9-23(10-8-22)17-11-13-3-1-2-4-15(13)18(20)21-17/h1-6,11H,7-10,12H2. The average molecular weight is 423 g/mol. The van der Waals surface area contributed by atoms with Crippen molar-refractivity contribution in [1.29, 1.82) is 0 Å². The fourth-order valence-electron chi connectivity index (χ4n) is 3.10. The molecule has 2 aromatic heterocycles. The van der Waals surface area contributed by atoms with Gasteiger partial charge in [-0.3, -0.25) is 4.90 Å². The van der Waals surface area contributed by atoms with E-state index in [4.69, 9.17) is 11.6 Å². The third-order valence-electron chi connectivity index (χ3n) is 4.38. The lowest BCUT2D eigenvalue weighted by Crippen LogP contribution is -2.46. The first kappa shape index (κ1) is 16.3. The number of benzene rings is 1. The highest BCUT2D eigenvalue weighted by Gasteiger charge is 2.19. The third-order valence-corrected chi connectivity index (χ3v) is 6.28. The Morgan fingerprint density at radius 3 is 2.62 bits per heavy atom. The summed E-state index contributed by atoms with van der Waals surface area (Å²) < 4.78 is 1.20. The molecule has 24 heavy (non-hydrogen) atoms. The van der Waals surface area contributed by atoms with E-state index in [0.717, 1.165) is 49.3 Å². The van der Waals surface area contributed by atoms with Crippen molar-refractivity contribution in [3.63, 3.8) is 0 Å². The number of piperazine rings is 1. The van der Waals surface area contributed by atoms with Crippen LogP contribution in [-0.4, -0.2) is 36.1 Å². The zero-order valence-corrected chi connectivity index (χ0v) is 16.2. The van der Waals surface area contributed by atoms with Gasteiger partial charge in [0.15, 0.2) is 0 Å². The van der Waals surface area contributed by atoms with Gasteiger partial charge in [-0.1, -0.05) is 35.9 Å². The summed E-state index contributed by atoms with van der Waals surface area (Å²) in [7, 11) is 0. The van der Waals surface area contributed by atoms with Crippen LogP contribution in [0.5, 0.6) is 0 Å². The summed E-state index contributed by atoms with van der Waals surface area (Å²) in [6.07, 6.45) is 0. The van der Waals surface area contributed by atoms with E-state index in [2.05, 4.69) is 55.0 Å². The molecule has 1 aliphatic rings. The van der Waals surface area contributed by atoms with Crippen molar-refractivity contribution in [2.45, 2.75) is 6.54 Å². The normalized spacial score (nSPS) is 16.0. The first-order valence-corrected chi connectivity index (χ1v) is 9.94. The highest BCUT2D eigenvalue weighted by atomic mass is 79.9. The Labute approximate surface area is 159 Å². The summed E-state index contributed by atoms with van der Waals surface area (Å²) in [4.78, 5) is 10.8. The molecule has 1 fully saturated rings. The lowest BCUT2D eigenvalue weighted by atomic mass is 10.1. The molecule has 6 heteroatoms. The van der Waals surface area contributed by atoms with Crippen LogP contribution < -0.4 is 4.90 Å². The van der Waals surface area contributed by atoms with Crippen molar-refractivity contribution in [1.82, 2.24) is 9.88 Å². The predicted molar refractivity (Wildman–Crippen MR) is 106 cm³/mol. The molecule has 0 spiro atoms. The van der Waals surface area contributed by atoms with Crippen molar-refractivity contribution in [2.24, 2.45) is 0 Å². The molecule has 1 saturated heterocycles. The first-order chi connectivity index (χ1) is 11.7. The number of rotatable bonds is 3. The van der Waals surface area contributed by atoms with Crippen molar-refractivity contribution >= 4 is 55.5 Å². The van der Waals surface area contributed by atoms with E-state index in [9.17, 15) is 0 Å². The number of halogens is 2. The van der Waals surface area contributed by atoms with Crippen LogP contribution in [0.3, 0.4) is 0 Å². The highest BCUT2D eigenvalue weighted by molar-refractivity contribution is 9.11. The summed E-state index contributed by atoms with van der Waals surface area (Å²) >= 11 is 11.7. The monoisotopic (exact) mass is 421 g/mol. The molecule has 0 saturated carbocycles. The van der Waals surface area contributed by atoms with Gasteiger partial charge in [0.2, 0.25) is 0 Å². The zero-order chi connectivity index (χ0) is 16.5. The quantitative estimate of drug-likeness (QED) is 0.552. The fourth-order valence-corrected chi connectivity index (χ4v) is 4.88. The summed E-state index contributed by atoms with van der Waals surface area (Å²) in [6.45, 7) is 5.07. The maximum absolute atomic E-state index is 6.37. The van der Waals surface area contributed by atoms with Gasteiger partial charge in [0.25, 0.3) is 0 Å². The lowest BCUT2D eigenvalue weighted by Gasteiger charge is -2.35. The van der Waals surface area contributed by atoms with Crippen molar-refractivity contribution in [3.8, 4) is 0 Å². The van der Waals surface area contributed by atoms with Gasteiger partial charge in [-0.15, -0.1) is 11.3 Å². The van der Waals surface area contributed by atoms with Crippen molar-refractivity contribution in [3.05, 3.63) is 56.3 Å². The SMILES string of the molecule is Clc1nc(N2CCN(Cc3ccc(Br)s3)CC2)cc2ccccc12. The molecule has 0 N–H and O–H groups in total. The number of thiophene rings is 1. The number of aromatic nitrogens is 1. The largest absolute Gasteiger partial charge is 0.354 e. The van der Waals surface area contributed by atoms with Crippen molar-refractivity contribution < 1.29 is 0 Å². The molecular weight excluding hydrogens is 406 g/mol. The van der Waals surface area contributed by atoms with E-state index in [-0.39, 0.29) is 0 Å². The Kier molecular flexibility index (Phi) is 4.77. The van der Waals surface area contributed by atoms with Gasteiger partial charge in [-0.25, -0.2) is 4.98 Å². The van der Waals surface area contributed by atoms with Gasteiger partial charge in [0.1, 0.15) is 11.0 Å². The summed E-state index contributed by atoms with van der Waals surface area (Å²) in [5.74, 6) is 0.984. The van der Waals surface area contributed by atoms with Gasteiger partial charge in [0, 0.05) is 43.0 Å². The van der Waals surface area contributed by atoms with Crippen LogP contribution in [0, 0.1) is 0 Å². The first-order valence-electron chi connectivity index (χ1n) is 7.96. The molecule has 0 amide bonds. The molecule has 0 atom stereocenters. The molecule has 4 rings (SSSR count). The van der Waals surface area contributed by atoms with Crippen LogP contribution in [-0.2, 0) is 6.54 Å². The van der Waals surface area contributed by atoms with Crippen LogP contribution in [0.4, 0.5) is 5.82 Å². The van der Waals surface area contributed by atoms with Gasteiger partial charge < -0.3 is 4.90 Å². The number of nitrogens with zero attached hydrogens (tertiary/aromatic N) is 3. The zero-order valence-electron chi connectivity index (χ0n) is 13.1. The Hall–Kier alpha value is -1.14. The fraction of sp³-hybridized carbons (Fsp3) is 0.278. The lowest BCUT2D eigenvalue weighted by molar-refractivity contribution is 0.251. The predicted octanol–water partition coefficient (Wildman–Crippen LogP) is 5.03. The second-order valence-electron chi connectivity index (χ2n) is 5.96. The number of hydrogen-bond acceptors (Lipinski definition) is 4. The Bertz CT molecular complexity index is 858. The number of pyridine rings is 1. The smallest absolute Gasteiger partial charge is 0.139 e. The second kappa shape index (κ2) is 7.00. The maximum Gasteiger partial charge on any atom is 0.139 e. The van der Waals surface area contributed by atoms with E-state index in [1.54, 1.807) is 0 Å². The van der Waals surface area contributed by atoms with Crippen LogP contribution >= 0.6 is 38.9 Å². The van der Waals surface area contributed by atoms with Crippen LogP contribution in [0.1, 0.15) is 4.88 Å². The van der Waals surface area contributed by atoms with Gasteiger partial charge >= 0.3 is 0 Å². The average Bonchev–Trinajstić information content (AvgIpc) is 3.00. The van der Waals surface area contributed by atoms with Crippen LogP contribution in [0.25, 0.3) is 10.8 Å². The molecule has 0 unspecified atom stereocenters. The molecular formula is C18H17BrClN3S. The van der Waals surface area contributed by atoms with Crippen molar-refractivity contribution in [2.75, 3.05) is 31.1 Å². The summed E-state index contributed by atoms with van der Waals surface area (Å²) in [5, 5.41) is 2.76. The molecule has 3 nitrogen and oxygen atoms in total. The van der Waals surface area contributed by atoms with E-state index >= 15 is 0 Å². The van der Waals surface area contributed by atoms with Gasteiger partial charge in [-0.2, -0.15) is 0 Å². The minimum Gasteiger partial charge on any atom is -0.354 e. The summed E-state index contributed by atoms with van der Waals surface area (Å²) in [6, 6.07) is 14.6. The molecule has 3 aromatic rings. The van der Waals surface area contributed by atoms with Crippen LogP contribution in [0.2, 0.25) is 5.15 Å². The van der Waals surface area contributed by atoms with E-state index in [1.807, 2.05) is 29.5 Å². The van der Waals surface area contributed by atoms with Gasteiger partial charge in [0.05, 0.1) is 3.79 Å². The number of anilines is 1. The summed E-state index contributed by atoms with van der Waals surface area (Å²) in [5.41, 5.74) is 0. The Morgan fingerprint density at radius 1 is 1.08 bits per heavy atom. The van der Waals surface area contributed by atoms with Gasteiger partial charge in [-0.05, 0) is 39.5 Å². The molecule has 0 aliphatic carbocycles.